The summed E-state index contributed by atoms with van der Waals surface area (Å²) in [6.45, 7) is 0. The normalized spacial score (nSPS) is 11.9. The van der Waals surface area contributed by atoms with Crippen molar-refractivity contribution in [3.8, 4) is 0 Å². The molecule has 1 aromatic heterocycles. The van der Waals surface area contributed by atoms with Crippen molar-refractivity contribution >= 4 is 46.4 Å². The first kappa shape index (κ1) is 10.9. The Labute approximate surface area is 99.6 Å². The largest absolute Gasteiger partial charge is 0.279 e. The Bertz CT molecular complexity index is 627. The van der Waals surface area contributed by atoms with Gasteiger partial charge in [0.05, 0.1) is 0 Å². The van der Waals surface area contributed by atoms with E-state index in [1.165, 1.54) is 6.20 Å². The highest BCUT2D eigenvalue weighted by Gasteiger charge is 2.16. The van der Waals surface area contributed by atoms with Crippen LogP contribution in [-0.4, -0.2) is 13.4 Å². The molecule has 0 aliphatic heterocycles. The summed E-state index contributed by atoms with van der Waals surface area (Å²) >= 11 is 3.30. The number of rotatable bonds is 1. The first-order valence-corrected chi connectivity index (χ1v) is 7.08. The molecule has 0 spiro atoms. The molecule has 0 radical (unpaired) electrons. The van der Waals surface area contributed by atoms with Crippen molar-refractivity contribution in [1.29, 1.82) is 0 Å². The lowest BCUT2D eigenvalue weighted by molar-refractivity contribution is 0.607. The number of nitrogens with zero attached hydrogens (tertiary/aromatic N) is 1. The highest BCUT2D eigenvalue weighted by atomic mass is 79.9. The van der Waals surface area contributed by atoms with E-state index in [9.17, 15) is 8.42 Å². The Morgan fingerprint density at radius 3 is 2.40 bits per heavy atom. The number of benzene rings is 1. The minimum Gasteiger partial charge on any atom is -0.242 e. The van der Waals surface area contributed by atoms with Crippen LogP contribution in [-0.2, 0) is 9.05 Å². The molecular weight excluding hydrogens is 302 g/mol. The Morgan fingerprint density at radius 1 is 1.20 bits per heavy atom. The number of pyridine rings is 1. The summed E-state index contributed by atoms with van der Waals surface area (Å²) in [6, 6.07) is 7.02. The van der Waals surface area contributed by atoms with Crippen LogP contribution in [0.1, 0.15) is 0 Å². The average Bonchev–Trinajstić information content (AvgIpc) is 2.17. The van der Waals surface area contributed by atoms with Crippen LogP contribution < -0.4 is 0 Å². The Balaban J connectivity index is 2.96. The Morgan fingerprint density at radius 2 is 1.80 bits per heavy atom. The monoisotopic (exact) mass is 305 g/mol. The fraction of sp³-hybridized carbons (Fsp3) is 0. The average molecular weight is 307 g/mol. The van der Waals surface area contributed by atoms with Crippen LogP contribution in [0.3, 0.4) is 0 Å². The predicted octanol–water partition coefficient (Wildman–Crippen LogP) is 2.92. The van der Waals surface area contributed by atoms with Gasteiger partial charge in [-0.25, -0.2) is 13.4 Å². The summed E-state index contributed by atoms with van der Waals surface area (Å²) in [4.78, 5) is 3.81. The topological polar surface area (TPSA) is 47.0 Å². The maximum absolute atomic E-state index is 11.2. The smallest absolute Gasteiger partial charge is 0.242 e. The summed E-state index contributed by atoms with van der Waals surface area (Å²) in [6.07, 6.45) is 1.43. The van der Waals surface area contributed by atoms with Crippen LogP contribution in [0.15, 0.2) is 40.0 Å². The number of fused-ring (bicyclic) bond motifs is 1. The van der Waals surface area contributed by atoms with Gasteiger partial charge in [-0.1, -0.05) is 24.3 Å². The van der Waals surface area contributed by atoms with Crippen LogP contribution in [0.5, 0.6) is 0 Å². The van der Waals surface area contributed by atoms with Crippen molar-refractivity contribution in [1.82, 2.24) is 4.98 Å². The van der Waals surface area contributed by atoms with Crippen molar-refractivity contribution in [2.24, 2.45) is 0 Å². The third kappa shape index (κ3) is 2.00. The molecule has 2 aromatic rings. The lowest BCUT2D eigenvalue weighted by atomic mass is 10.2. The molecule has 0 amide bonds. The van der Waals surface area contributed by atoms with Crippen molar-refractivity contribution in [2.75, 3.05) is 0 Å². The highest BCUT2D eigenvalue weighted by Crippen LogP contribution is 2.28. The van der Waals surface area contributed by atoms with Gasteiger partial charge in [-0.15, -0.1) is 0 Å². The molecule has 0 aliphatic carbocycles. The molecular formula is C9H5BrClNO2S. The van der Waals surface area contributed by atoms with Gasteiger partial charge in [0.2, 0.25) is 0 Å². The van der Waals surface area contributed by atoms with Gasteiger partial charge < -0.3 is 0 Å². The summed E-state index contributed by atoms with van der Waals surface area (Å²) in [5.41, 5.74) is 0. The lowest BCUT2D eigenvalue weighted by Crippen LogP contribution is -1.96. The van der Waals surface area contributed by atoms with Gasteiger partial charge in [-0.2, -0.15) is 0 Å². The molecule has 15 heavy (non-hydrogen) atoms. The fourth-order valence-electron chi connectivity index (χ4n) is 1.33. The van der Waals surface area contributed by atoms with Gasteiger partial charge in [0.25, 0.3) is 9.05 Å². The van der Waals surface area contributed by atoms with E-state index in [-0.39, 0.29) is 5.03 Å². The first-order valence-electron chi connectivity index (χ1n) is 3.98. The Kier molecular flexibility index (Phi) is 2.70. The molecule has 0 aliphatic rings. The molecule has 0 bridgehead atoms. The van der Waals surface area contributed by atoms with Crippen molar-refractivity contribution in [3.05, 3.63) is 34.9 Å². The van der Waals surface area contributed by atoms with Crippen LogP contribution in [0.4, 0.5) is 0 Å². The molecule has 6 heteroatoms. The van der Waals surface area contributed by atoms with Crippen molar-refractivity contribution in [3.63, 3.8) is 0 Å². The summed E-state index contributed by atoms with van der Waals surface area (Å²) < 4.78 is 23.2. The highest BCUT2D eigenvalue weighted by molar-refractivity contribution is 9.10. The summed E-state index contributed by atoms with van der Waals surface area (Å²) in [7, 11) is 1.48. The molecule has 1 heterocycles. The second-order valence-electron chi connectivity index (χ2n) is 2.89. The van der Waals surface area contributed by atoms with Gasteiger partial charge in [-0.3, -0.25) is 0 Å². The van der Waals surface area contributed by atoms with E-state index in [0.29, 0.717) is 5.39 Å². The zero-order valence-electron chi connectivity index (χ0n) is 7.31. The van der Waals surface area contributed by atoms with Crippen molar-refractivity contribution in [2.45, 2.75) is 5.03 Å². The van der Waals surface area contributed by atoms with Crippen molar-refractivity contribution < 1.29 is 8.42 Å². The van der Waals surface area contributed by atoms with Crippen LogP contribution in [0.25, 0.3) is 10.8 Å². The van der Waals surface area contributed by atoms with Gasteiger partial charge in [0.15, 0.2) is 5.03 Å². The SMILES string of the molecule is O=S(=O)(Cl)c1ncc(Br)c2ccccc12. The second kappa shape index (κ2) is 3.73. The van der Waals surface area contributed by atoms with Gasteiger partial charge in [0.1, 0.15) is 0 Å². The van der Waals surface area contributed by atoms with Gasteiger partial charge in [-0.05, 0) is 15.9 Å². The molecule has 0 N–H and O–H groups in total. The van der Waals surface area contributed by atoms with E-state index in [2.05, 4.69) is 20.9 Å². The minimum absolute atomic E-state index is 0.108. The van der Waals surface area contributed by atoms with E-state index in [1.54, 1.807) is 18.2 Å². The third-order valence-electron chi connectivity index (χ3n) is 1.94. The summed E-state index contributed by atoms with van der Waals surface area (Å²) in [5.74, 6) is 0. The first-order chi connectivity index (χ1) is 7.00. The molecule has 0 atom stereocenters. The minimum atomic E-state index is -3.81. The predicted molar refractivity (Wildman–Crippen MR) is 62.5 cm³/mol. The number of hydrogen-bond acceptors (Lipinski definition) is 3. The van der Waals surface area contributed by atoms with E-state index in [4.69, 9.17) is 10.7 Å². The maximum Gasteiger partial charge on any atom is 0.279 e. The zero-order chi connectivity index (χ0) is 11.1. The standard InChI is InChI=1S/C9H5BrClNO2S/c10-8-5-12-9(15(11,13)14)7-4-2-1-3-6(7)8/h1-5H. The molecule has 2 rings (SSSR count). The number of aromatic nitrogens is 1. The van der Waals surface area contributed by atoms with Gasteiger partial charge >= 0.3 is 0 Å². The van der Waals surface area contributed by atoms with Crippen LogP contribution in [0, 0.1) is 0 Å². The number of hydrogen-bond donors (Lipinski definition) is 0. The van der Waals surface area contributed by atoms with Crippen LogP contribution in [0.2, 0.25) is 0 Å². The molecule has 78 valence electrons. The van der Waals surface area contributed by atoms with E-state index < -0.39 is 9.05 Å². The quantitative estimate of drug-likeness (QED) is 0.761. The molecule has 3 nitrogen and oxygen atoms in total. The van der Waals surface area contributed by atoms with E-state index in [0.717, 1.165) is 9.86 Å². The molecule has 0 saturated heterocycles. The molecule has 0 unspecified atom stereocenters. The third-order valence-corrected chi connectivity index (χ3v) is 3.80. The van der Waals surface area contributed by atoms with Crippen LogP contribution >= 0.6 is 26.6 Å². The Hall–Kier alpha value is -0.650. The van der Waals surface area contributed by atoms with E-state index in [1.807, 2.05) is 6.07 Å². The summed E-state index contributed by atoms with van der Waals surface area (Å²) in [5, 5.41) is 1.18. The molecule has 1 aromatic carbocycles. The lowest BCUT2D eigenvalue weighted by Gasteiger charge is -2.03. The second-order valence-corrected chi connectivity index (χ2v) is 6.23. The maximum atomic E-state index is 11.2. The number of halogens is 2. The molecule has 0 fully saturated rings. The van der Waals surface area contributed by atoms with E-state index >= 15 is 0 Å². The molecule has 0 saturated carbocycles. The van der Waals surface area contributed by atoms with Gasteiger partial charge in [0, 0.05) is 32.1 Å². The zero-order valence-corrected chi connectivity index (χ0v) is 10.5. The fourth-order valence-corrected chi connectivity index (χ4v) is 2.76.